The maximum Gasteiger partial charge on any atom is 0.221 e. The number of morpholine rings is 1. The van der Waals surface area contributed by atoms with E-state index in [0.29, 0.717) is 13.0 Å². The molecule has 1 unspecified atom stereocenters. The van der Waals surface area contributed by atoms with Crippen LogP contribution >= 0.6 is 0 Å². The molecule has 12 heavy (non-hydrogen) atoms. The molecule has 4 heteroatoms. The van der Waals surface area contributed by atoms with Crippen molar-refractivity contribution in [2.75, 3.05) is 19.8 Å². The van der Waals surface area contributed by atoms with Crippen molar-refractivity contribution >= 4 is 5.91 Å². The summed E-state index contributed by atoms with van der Waals surface area (Å²) in [6.45, 7) is 4.12. The molecule has 1 heterocycles. The van der Waals surface area contributed by atoms with Gasteiger partial charge in [0.05, 0.1) is 13.2 Å². The van der Waals surface area contributed by atoms with Crippen LogP contribution in [0.4, 0.5) is 0 Å². The fourth-order valence-electron chi connectivity index (χ4n) is 1.15. The maximum atomic E-state index is 11.1. The van der Waals surface area contributed by atoms with Gasteiger partial charge in [0.2, 0.25) is 5.91 Å². The smallest absolute Gasteiger partial charge is 0.221 e. The number of carbonyl (C=O) groups is 1. The quantitative estimate of drug-likeness (QED) is 0.622. The first kappa shape index (κ1) is 9.48. The number of ether oxygens (including phenoxy) is 1. The van der Waals surface area contributed by atoms with Crippen molar-refractivity contribution in [1.82, 2.24) is 10.6 Å². The molecule has 0 radical (unpaired) electrons. The SMILES string of the molecule is CCCC(=O)NC1COCCN1. The lowest BCUT2D eigenvalue weighted by Gasteiger charge is -2.24. The lowest BCUT2D eigenvalue weighted by atomic mass is 10.3. The first-order chi connectivity index (χ1) is 5.83. The van der Waals surface area contributed by atoms with E-state index < -0.39 is 0 Å². The maximum absolute atomic E-state index is 11.1. The highest BCUT2D eigenvalue weighted by atomic mass is 16.5. The van der Waals surface area contributed by atoms with Gasteiger partial charge in [-0.05, 0) is 6.42 Å². The minimum absolute atomic E-state index is 0.0119. The van der Waals surface area contributed by atoms with Crippen LogP contribution < -0.4 is 10.6 Å². The summed E-state index contributed by atoms with van der Waals surface area (Å²) in [5.41, 5.74) is 0. The average Bonchev–Trinajstić information content (AvgIpc) is 2.06. The summed E-state index contributed by atoms with van der Waals surface area (Å²) in [6.07, 6.45) is 1.50. The van der Waals surface area contributed by atoms with E-state index in [1.165, 1.54) is 0 Å². The Morgan fingerprint density at radius 3 is 3.17 bits per heavy atom. The highest BCUT2D eigenvalue weighted by Gasteiger charge is 2.13. The molecule has 0 bridgehead atoms. The molecule has 1 atom stereocenters. The molecule has 0 aromatic heterocycles. The number of amides is 1. The Balaban J connectivity index is 2.15. The molecule has 1 aliphatic heterocycles. The minimum atomic E-state index is 0.0119. The first-order valence-corrected chi connectivity index (χ1v) is 4.43. The average molecular weight is 172 g/mol. The summed E-state index contributed by atoms with van der Waals surface area (Å²) in [6, 6.07) is 0. The van der Waals surface area contributed by atoms with E-state index in [0.717, 1.165) is 19.6 Å². The van der Waals surface area contributed by atoms with Crippen molar-refractivity contribution in [3.63, 3.8) is 0 Å². The van der Waals surface area contributed by atoms with Gasteiger partial charge in [-0.25, -0.2) is 0 Å². The van der Waals surface area contributed by atoms with E-state index in [1.54, 1.807) is 0 Å². The van der Waals surface area contributed by atoms with Gasteiger partial charge in [-0.2, -0.15) is 0 Å². The number of rotatable bonds is 3. The van der Waals surface area contributed by atoms with Gasteiger partial charge in [0, 0.05) is 13.0 Å². The van der Waals surface area contributed by atoms with E-state index in [9.17, 15) is 4.79 Å². The van der Waals surface area contributed by atoms with Gasteiger partial charge in [-0.1, -0.05) is 6.92 Å². The van der Waals surface area contributed by atoms with Crippen LogP contribution in [0.3, 0.4) is 0 Å². The number of nitrogens with one attached hydrogen (secondary N) is 2. The molecular formula is C8H16N2O2. The standard InChI is InChI=1S/C8H16N2O2/c1-2-3-8(11)10-7-6-12-5-4-9-7/h7,9H,2-6H2,1H3,(H,10,11). The predicted molar refractivity (Wildman–Crippen MR) is 45.7 cm³/mol. The summed E-state index contributed by atoms with van der Waals surface area (Å²) in [5, 5.41) is 6.00. The molecule has 0 spiro atoms. The molecule has 4 nitrogen and oxygen atoms in total. The second-order valence-corrected chi connectivity index (χ2v) is 2.90. The number of carbonyl (C=O) groups excluding carboxylic acids is 1. The molecule has 1 fully saturated rings. The number of hydrogen-bond donors (Lipinski definition) is 2. The van der Waals surface area contributed by atoms with Crippen LogP contribution in [0.15, 0.2) is 0 Å². The van der Waals surface area contributed by atoms with Gasteiger partial charge in [-0.3, -0.25) is 10.1 Å². The summed E-state index contributed by atoms with van der Waals surface area (Å²) >= 11 is 0. The normalized spacial score (nSPS) is 23.6. The Morgan fingerprint density at radius 2 is 2.58 bits per heavy atom. The van der Waals surface area contributed by atoms with E-state index in [1.807, 2.05) is 6.92 Å². The Kier molecular flexibility index (Phi) is 4.04. The summed E-state index contributed by atoms with van der Waals surface area (Å²) in [7, 11) is 0. The summed E-state index contributed by atoms with van der Waals surface area (Å²) < 4.78 is 5.18. The number of hydrogen-bond acceptors (Lipinski definition) is 3. The molecule has 2 N–H and O–H groups in total. The lowest BCUT2D eigenvalue weighted by molar-refractivity contribution is -0.123. The largest absolute Gasteiger partial charge is 0.377 e. The van der Waals surface area contributed by atoms with Gasteiger partial charge in [-0.15, -0.1) is 0 Å². The molecule has 1 saturated heterocycles. The van der Waals surface area contributed by atoms with Gasteiger partial charge < -0.3 is 10.1 Å². The molecular weight excluding hydrogens is 156 g/mol. The first-order valence-electron chi connectivity index (χ1n) is 4.43. The molecule has 0 aromatic carbocycles. The second kappa shape index (κ2) is 5.11. The zero-order valence-corrected chi connectivity index (χ0v) is 7.43. The topological polar surface area (TPSA) is 50.4 Å². The van der Waals surface area contributed by atoms with Crippen molar-refractivity contribution < 1.29 is 9.53 Å². The third-order valence-electron chi connectivity index (χ3n) is 1.73. The molecule has 1 aliphatic rings. The van der Waals surface area contributed by atoms with Crippen LogP contribution in [0.5, 0.6) is 0 Å². The van der Waals surface area contributed by atoms with E-state index >= 15 is 0 Å². The van der Waals surface area contributed by atoms with Crippen molar-refractivity contribution in [3.05, 3.63) is 0 Å². The van der Waals surface area contributed by atoms with Crippen molar-refractivity contribution in [2.45, 2.75) is 25.9 Å². The fraction of sp³-hybridized carbons (Fsp3) is 0.875. The Hall–Kier alpha value is -0.610. The van der Waals surface area contributed by atoms with Crippen LogP contribution in [0.1, 0.15) is 19.8 Å². The van der Waals surface area contributed by atoms with Crippen molar-refractivity contribution in [3.8, 4) is 0 Å². The molecule has 0 aromatic rings. The predicted octanol–water partition coefficient (Wildman–Crippen LogP) is -0.151. The van der Waals surface area contributed by atoms with Gasteiger partial charge in [0.15, 0.2) is 0 Å². The van der Waals surface area contributed by atoms with Crippen LogP contribution in [0.2, 0.25) is 0 Å². The molecule has 0 saturated carbocycles. The Labute approximate surface area is 72.7 Å². The van der Waals surface area contributed by atoms with E-state index in [-0.39, 0.29) is 12.1 Å². The van der Waals surface area contributed by atoms with E-state index in [4.69, 9.17) is 4.74 Å². The minimum Gasteiger partial charge on any atom is -0.377 e. The summed E-state index contributed by atoms with van der Waals surface area (Å²) in [5.74, 6) is 0.0977. The van der Waals surface area contributed by atoms with E-state index in [2.05, 4.69) is 10.6 Å². The van der Waals surface area contributed by atoms with Crippen molar-refractivity contribution in [1.29, 1.82) is 0 Å². The van der Waals surface area contributed by atoms with Gasteiger partial charge >= 0.3 is 0 Å². The lowest BCUT2D eigenvalue weighted by Crippen LogP contribution is -2.52. The third-order valence-corrected chi connectivity index (χ3v) is 1.73. The second-order valence-electron chi connectivity index (χ2n) is 2.90. The molecule has 1 rings (SSSR count). The van der Waals surface area contributed by atoms with Crippen LogP contribution in [0.25, 0.3) is 0 Å². The third kappa shape index (κ3) is 3.19. The fourth-order valence-corrected chi connectivity index (χ4v) is 1.15. The van der Waals surface area contributed by atoms with Crippen LogP contribution in [-0.2, 0) is 9.53 Å². The molecule has 0 aliphatic carbocycles. The summed E-state index contributed by atoms with van der Waals surface area (Å²) in [4.78, 5) is 11.1. The van der Waals surface area contributed by atoms with Crippen molar-refractivity contribution in [2.24, 2.45) is 0 Å². The highest BCUT2D eigenvalue weighted by Crippen LogP contribution is 1.91. The Bertz CT molecular complexity index is 144. The molecule has 70 valence electrons. The Morgan fingerprint density at radius 1 is 1.75 bits per heavy atom. The van der Waals surface area contributed by atoms with Crippen LogP contribution in [-0.4, -0.2) is 31.8 Å². The highest BCUT2D eigenvalue weighted by molar-refractivity contribution is 5.76. The zero-order valence-electron chi connectivity index (χ0n) is 7.43. The molecule has 1 amide bonds. The van der Waals surface area contributed by atoms with Gasteiger partial charge in [0.25, 0.3) is 0 Å². The zero-order chi connectivity index (χ0) is 8.81. The monoisotopic (exact) mass is 172 g/mol. The van der Waals surface area contributed by atoms with Gasteiger partial charge in [0.1, 0.15) is 6.17 Å². The van der Waals surface area contributed by atoms with Crippen LogP contribution in [0, 0.1) is 0 Å².